The minimum absolute atomic E-state index is 0.123. The minimum Gasteiger partial charge on any atom is -0.478 e. The number of benzene rings is 2. The van der Waals surface area contributed by atoms with Gasteiger partial charge in [-0.25, -0.2) is 19.2 Å². The second-order valence-corrected chi connectivity index (χ2v) is 13.3. The fourth-order valence-corrected chi connectivity index (χ4v) is 7.29. The number of hydrogen-bond acceptors (Lipinski definition) is 6. The SMILES string of the molecule is C=C(c1ccc(COc2cccc(C3CCN(Cc4nc5ccc(C(=O)O)cc5n4CC4CCO4)CC3)n2)c(F)c1)C1CCCCC1. The van der Waals surface area contributed by atoms with Crippen molar-refractivity contribution >= 4 is 22.6 Å². The number of rotatable bonds is 11. The maximum atomic E-state index is 15.1. The standard InChI is InChI=1S/C38H43FN4O4/c1-25(26-6-3-2-4-7-26)28-10-11-30(32(39)20-28)24-47-37-9-5-8-33(41-37)27-14-17-42(18-15-27)23-36-40-34-13-12-29(38(44)45)21-35(34)43(36)22-31-16-19-46-31/h5,8-13,20-21,26-27,31H,1-4,6-7,14-19,22-24H2,(H,44,45). The fourth-order valence-electron chi connectivity index (χ4n) is 7.29. The molecule has 4 heterocycles. The Labute approximate surface area is 275 Å². The molecule has 0 bridgehead atoms. The van der Waals surface area contributed by atoms with Crippen molar-refractivity contribution in [3.8, 4) is 5.88 Å². The predicted octanol–water partition coefficient (Wildman–Crippen LogP) is 7.61. The molecule has 1 atom stereocenters. The Morgan fingerprint density at radius 3 is 2.49 bits per heavy atom. The van der Waals surface area contributed by atoms with Crippen LogP contribution in [0.3, 0.4) is 0 Å². The van der Waals surface area contributed by atoms with E-state index in [1.165, 1.54) is 19.3 Å². The summed E-state index contributed by atoms with van der Waals surface area (Å²) in [7, 11) is 0. The van der Waals surface area contributed by atoms with Gasteiger partial charge in [0.2, 0.25) is 5.88 Å². The summed E-state index contributed by atoms with van der Waals surface area (Å²) < 4.78 is 28.9. The number of nitrogens with zero attached hydrogens (tertiary/aromatic N) is 4. The monoisotopic (exact) mass is 638 g/mol. The van der Waals surface area contributed by atoms with Gasteiger partial charge in [-0.1, -0.05) is 44.0 Å². The molecule has 3 fully saturated rings. The van der Waals surface area contributed by atoms with Crippen LogP contribution in [-0.2, 0) is 24.4 Å². The summed E-state index contributed by atoms with van der Waals surface area (Å²) in [5, 5.41) is 9.54. The van der Waals surface area contributed by atoms with Crippen LogP contribution in [0.5, 0.6) is 5.88 Å². The lowest BCUT2D eigenvalue weighted by Crippen LogP contribution is -2.35. The van der Waals surface area contributed by atoms with Crippen LogP contribution in [-0.4, -0.2) is 56.3 Å². The first-order valence-corrected chi connectivity index (χ1v) is 17.0. The van der Waals surface area contributed by atoms with E-state index in [0.717, 1.165) is 85.5 Å². The number of halogens is 1. The molecule has 9 heteroatoms. The van der Waals surface area contributed by atoms with Crippen molar-refractivity contribution in [2.45, 2.75) is 83.1 Å². The summed E-state index contributed by atoms with van der Waals surface area (Å²) >= 11 is 0. The summed E-state index contributed by atoms with van der Waals surface area (Å²) in [4.78, 5) is 23.8. The number of ether oxygens (including phenoxy) is 2. The van der Waals surface area contributed by atoms with Gasteiger partial charge in [-0.3, -0.25) is 4.90 Å². The zero-order chi connectivity index (χ0) is 32.3. The van der Waals surface area contributed by atoms with Crippen molar-refractivity contribution in [1.29, 1.82) is 0 Å². The van der Waals surface area contributed by atoms with Gasteiger partial charge in [0.05, 0.1) is 35.8 Å². The Kier molecular flexibility index (Phi) is 9.36. The molecular formula is C38H43FN4O4. The van der Waals surface area contributed by atoms with Crippen LogP contribution in [0, 0.1) is 11.7 Å². The minimum atomic E-state index is -0.941. The van der Waals surface area contributed by atoms with Crippen molar-refractivity contribution in [3.05, 3.63) is 95.2 Å². The number of allylic oxidation sites excluding steroid dienone is 1. The van der Waals surface area contributed by atoms with Crippen molar-refractivity contribution in [2.24, 2.45) is 5.92 Å². The molecule has 3 aliphatic rings. The highest BCUT2D eigenvalue weighted by Crippen LogP contribution is 2.35. The molecule has 1 aliphatic carbocycles. The van der Waals surface area contributed by atoms with Crippen LogP contribution in [0.2, 0.25) is 0 Å². The Morgan fingerprint density at radius 2 is 1.77 bits per heavy atom. The number of carboxylic acids is 1. The number of aromatic nitrogens is 3. The predicted molar refractivity (Wildman–Crippen MR) is 179 cm³/mol. The van der Waals surface area contributed by atoms with Gasteiger partial charge in [0, 0.05) is 29.8 Å². The lowest BCUT2D eigenvalue weighted by atomic mass is 9.81. The van der Waals surface area contributed by atoms with Gasteiger partial charge in [0.1, 0.15) is 18.2 Å². The van der Waals surface area contributed by atoms with E-state index in [0.29, 0.717) is 36.4 Å². The molecule has 8 nitrogen and oxygen atoms in total. The van der Waals surface area contributed by atoms with E-state index >= 15 is 4.39 Å². The van der Waals surface area contributed by atoms with Gasteiger partial charge >= 0.3 is 5.97 Å². The van der Waals surface area contributed by atoms with Gasteiger partial charge in [-0.05, 0) is 92.6 Å². The van der Waals surface area contributed by atoms with E-state index < -0.39 is 5.97 Å². The number of carbonyl (C=O) groups is 1. The van der Waals surface area contributed by atoms with Gasteiger partial charge < -0.3 is 19.1 Å². The molecule has 2 aliphatic heterocycles. The Hall–Kier alpha value is -4.08. The Bertz CT molecular complexity index is 1750. The zero-order valence-corrected chi connectivity index (χ0v) is 26.9. The molecule has 246 valence electrons. The van der Waals surface area contributed by atoms with E-state index in [1.54, 1.807) is 24.3 Å². The molecule has 1 saturated carbocycles. The van der Waals surface area contributed by atoms with E-state index in [1.807, 2.05) is 24.3 Å². The van der Waals surface area contributed by atoms with Crippen LogP contribution in [0.25, 0.3) is 16.6 Å². The summed E-state index contributed by atoms with van der Waals surface area (Å²) in [6, 6.07) is 16.4. The largest absolute Gasteiger partial charge is 0.478 e. The third-order valence-corrected chi connectivity index (χ3v) is 10.3. The van der Waals surface area contributed by atoms with Crippen LogP contribution in [0.15, 0.2) is 61.2 Å². The first-order chi connectivity index (χ1) is 22.9. The zero-order valence-electron chi connectivity index (χ0n) is 26.9. The summed E-state index contributed by atoms with van der Waals surface area (Å²) in [6.07, 6.45) is 9.04. The van der Waals surface area contributed by atoms with Crippen LogP contribution in [0.4, 0.5) is 4.39 Å². The number of imidazole rings is 1. The number of piperidine rings is 1. The lowest BCUT2D eigenvalue weighted by Gasteiger charge is -2.32. The smallest absolute Gasteiger partial charge is 0.335 e. The van der Waals surface area contributed by atoms with Gasteiger partial charge in [-0.15, -0.1) is 0 Å². The molecule has 2 aromatic heterocycles. The molecule has 1 unspecified atom stereocenters. The first-order valence-electron chi connectivity index (χ1n) is 17.0. The molecule has 4 aromatic rings. The molecule has 0 radical (unpaired) electrons. The number of pyridine rings is 1. The summed E-state index contributed by atoms with van der Waals surface area (Å²) in [6.45, 7) is 8.33. The third-order valence-electron chi connectivity index (χ3n) is 10.3. The van der Waals surface area contributed by atoms with Crippen LogP contribution < -0.4 is 4.74 Å². The molecule has 47 heavy (non-hydrogen) atoms. The van der Waals surface area contributed by atoms with Crippen LogP contribution >= 0.6 is 0 Å². The average Bonchev–Trinajstić information content (AvgIpc) is 3.42. The van der Waals surface area contributed by atoms with Gasteiger partial charge in [0.25, 0.3) is 0 Å². The van der Waals surface area contributed by atoms with E-state index in [9.17, 15) is 9.90 Å². The number of hydrogen-bond donors (Lipinski definition) is 1. The number of fused-ring (bicyclic) bond motifs is 1. The van der Waals surface area contributed by atoms with Gasteiger partial charge in [-0.2, -0.15) is 0 Å². The number of aromatic carboxylic acids is 1. The summed E-state index contributed by atoms with van der Waals surface area (Å²) in [5.74, 6) is 0.990. The third kappa shape index (κ3) is 7.11. The summed E-state index contributed by atoms with van der Waals surface area (Å²) in [5.41, 5.74) is 5.36. The fraction of sp³-hybridized carbons (Fsp3) is 0.447. The highest BCUT2D eigenvalue weighted by molar-refractivity contribution is 5.92. The van der Waals surface area contributed by atoms with Crippen molar-refractivity contribution in [3.63, 3.8) is 0 Å². The van der Waals surface area contributed by atoms with Crippen molar-refractivity contribution in [1.82, 2.24) is 19.4 Å². The molecule has 2 aromatic carbocycles. The van der Waals surface area contributed by atoms with Crippen LogP contribution in [0.1, 0.15) is 90.3 Å². The highest BCUT2D eigenvalue weighted by Gasteiger charge is 2.26. The second kappa shape index (κ2) is 14.0. The van der Waals surface area contributed by atoms with Crippen molar-refractivity contribution < 1.29 is 23.8 Å². The second-order valence-electron chi connectivity index (χ2n) is 13.3. The molecular weight excluding hydrogens is 595 g/mol. The normalized spacial score (nSPS) is 19.5. The molecule has 2 saturated heterocycles. The van der Waals surface area contributed by atoms with E-state index in [4.69, 9.17) is 19.4 Å². The lowest BCUT2D eigenvalue weighted by molar-refractivity contribution is -0.0592. The van der Waals surface area contributed by atoms with Crippen molar-refractivity contribution in [2.75, 3.05) is 19.7 Å². The van der Waals surface area contributed by atoms with Gasteiger partial charge in [0.15, 0.2) is 0 Å². The Balaban J connectivity index is 0.961. The number of carboxylic acid groups (broad SMARTS) is 1. The topological polar surface area (TPSA) is 89.7 Å². The number of likely N-dealkylation sites (tertiary alicyclic amines) is 1. The molecule has 0 amide bonds. The maximum Gasteiger partial charge on any atom is 0.335 e. The molecule has 0 spiro atoms. The highest BCUT2D eigenvalue weighted by atomic mass is 19.1. The molecule has 1 N–H and O–H groups in total. The van der Waals surface area contributed by atoms with E-state index in [2.05, 4.69) is 22.1 Å². The molecule has 7 rings (SSSR count). The van der Waals surface area contributed by atoms with E-state index in [-0.39, 0.29) is 24.1 Å². The maximum absolute atomic E-state index is 15.1. The Morgan fingerprint density at radius 1 is 0.979 bits per heavy atom. The average molecular weight is 639 g/mol. The first kappa shape index (κ1) is 31.5. The quantitative estimate of drug-likeness (QED) is 0.181.